The van der Waals surface area contributed by atoms with Gasteiger partial charge in [0.15, 0.2) is 0 Å². The third-order valence-corrected chi connectivity index (χ3v) is 3.40. The lowest BCUT2D eigenvalue weighted by Crippen LogP contribution is -2.25. The van der Waals surface area contributed by atoms with E-state index in [1.165, 1.54) is 0 Å². The average Bonchev–Trinajstić information content (AvgIpc) is 2.61. The first-order valence-electron chi connectivity index (χ1n) is 5.56. The zero-order valence-electron chi connectivity index (χ0n) is 9.87. The molecule has 0 radical (unpaired) electrons. The molecule has 0 aliphatic carbocycles. The summed E-state index contributed by atoms with van der Waals surface area (Å²) in [4.78, 5) is 24.6. The zero-order valence-corrected chi connectivity index (χ0v) is 10.6. The van der Waals surface area contributed by atoms with Gasteiger partial charge in [0, 0.05) is 18.7 Å². The minimum absolute atomic E-state index is 0.0315. The second-order valence-corrected chi connectivity index (χ2v) is 4.87. The molecule has 0 spiro atoms. The standard InChI is InChI=1S/C13H14ClNO2/c1-8-3-4-11(9(2)5-8)15-7-10(13(14)17)6-12(15)16/h3-5,10H,6-7H2,1-2H3. The van der Waals surface area contributed by atoms with Gasteiger partial charge in [-0.3, -0.25) is 9.59 Å². The normalized spacial score (nSPS) is 19.8. The summed E-state index contributed by atoms with van der Waals surface area (Å²) in [7, 11) is 0. The predicted octanol–water partition coefficient (Wildman–Crippen LogP) is 2.42. The number of halogens is 1. The summed E-state index contributed by atoms with van der Waals surface area (Å²) in [5.41, 5.74) is 3.07. The van der Waals surface area contributed by atoms with Crippen molar-refractivity contribution in [1.82, 2.24) is 0 Å². The molecule has 17 heavy (non-hydrogen) atoms. The number of carbonyl (C=O) groups excluding carboxylic acids is 2. The molecule has 4 heteroatoms. The smallest absolute Gasteiger partial charge is 0.227 e. The van der Waals surface area contributed by atoms with Gasteiger partial charge in [0.25, 0.3) is 0 Å². The Morgan fingerprint density at radius 3 is 2.65 bits per heavy atom. The Kier molecular flexibility index (Phi) is 3.20. The Hall–Kier alpha value is -1.35. The molecule has 1 aliphatic rings. The molecule has 3 nitrogen and oxygen atoms in total. The summed E-state index contributed by atoms with van der Waals surface area (Å²) < 4.78 is 0. The monoisotopic (exact) mass is 251 g/mol. The molecule has 0 bridgehead atoms. The number of hydrogen-bond acceptors (Lipinski definition) is 2. The van der Waals surface area contributed by atoms with E-state index in [9.17, 15) is 9.59 Å². The van der Waals surface area contributed by atoms with Crippen LogP contribution in [0.25, 0.3) is 0 Å². The molecule has 1 aromatic carbocycles. The second kappa shape index (κ2) is 4.49. The number of hydrogen-bond donors (Lipinski definition) is 0. The molecule has 1 aromatic rings. The minimum atomic E-state index is -0.425. The van der Waals surface area contributed by atoms with Crippen molar-refractivity contribution in [2.75, 3.05) is 11.4 Å². The van der Waals surface area contributed by atoms with E-state index in [1.807, 2.05) is 32.0 Å². The van der Waals surface area contributed by atoms with E-state index in [2.05, 4.69) is 0 Å². The Balaban J connectivity index is 2.29. The Morgan fingerprint density at radius 1 is 1.41 bits per heavy atom. The van der Waals surface area contributed by atoms with Crippen LogP contribution in [-0.4, -0.2) is 17.7 Å². The van der Waals surface area contributed by atoms with E-state index in [1.54, 1.807) is 4.90 Å². The van der Waals surface area contributed by atoms with Gasteiger partial charge >= 0.3 is 0 Å². The van der Waals surface area contributed by atoms with Gasteiger partial charge in [-0.1, -0.05) is 17.7 Å². The van der Waals surface area contributed by atoms with Crippen LogP contribution in [0.4, 0.5) is 5.69 Å². The van der Waals surface area contributed by atoms with Crippen molar-refractivity contribution in [3.63, 3.8) is 0 Å². The van der Waals surface area contributed by atoms with Crippen molar-refractivity contribution in [1.29, 1.82) is 0 Å². The van der Waals surface area contributed by atoms with Crippen molar-refractivity contribution >= 4 is 28.4 Å². The number of amides is 1. The summed E-state index contributed by atoms with van der Waals surface area (Å²) in [5.74, 6) is -0.402. The number of carbonyl (C=O) groups is 2. The van der Waals surface area contributed by atoms with E-state index in [0.29, 0.717) is 6.54 Å². The van der Waals surface area contributed by atoms with E-state index >= 15 is 0 Å². The van der Waals surface area contributed by atoms with Crippen molar-refractivity contribution < 1.29 is 9.59 Å². The highest BCUT2D eigenvalue weighted by Gasteiger charge is 2.34. The van der Waals surface area contributed by atoms with Crippen LogP contribution in [-0.2, 0) is 9.59 Å². The van der Waals surface area contributed by atoms with Gasteiger partial charge in [0.2, 0.25) is 11.1 Å². The van der Waals surface area contributed by atoms with Crippen molar-refractivity contribution in [2.24, 2.45) is 5.92 Å². The van der Waals surface area contributed by atoms with Gasteiger partial charge in [-0.15, -0.1) is 0 Å². The molecule has 0 saturated carbocycles. The maximum Gasteiger partial charge on any atom is 0.227 e. The SMILES string of the molecule is Cc1ccc(N2CC(C(=O)Cl)CC2=O)c(C)c1. The molecule has 2 rings (SSSR count). The zero-order chi connectivity index (χ0) is 12.6. The molecule has 90 valence electrons. The highest BCUT2D eigenvalue weighted by molar-refractivity contribution is 6.64. The molecule has 1 unspecified atom stereocenters. The number of nitrogens with zero attached hydrogens (tertiary/aromatic N) is 1. The lowest BCUT2D eigenvalue weighted by molar-refractivity contribution is -0.120. The largest absolute Gasteiger partial charge is 0.311 e. The third-order valence-electron chi connectivity index (χ3n) is 3.09. The number of benzene rings is 1. The first-order valence-corrected chi connectivity index (χ1v) is 5.94. The average molecular weight is 252 g/mol. The highest BCUT2D eigenvalue weighted by atomic mass is 35.5. The van der Waals surface area contributed by atoms with Crippen LogP contribution in [0.2, 0.25) is 0 Å². The van der Waals surface area contributed by atoms with Crippen LogP contribution >= 0.6 is 11.6 Å². The first kappa shape index (κ1) is 12.1. The first-order chi connectivity index (χ1) is 7.99. The van der Waals surface area contributed by atoms with Gasteiger partial charge in [-0.2, -0.15) is 0 Å². The van der Waals surface area contributed by atoms with Crippen LogP contribution in [0, 0.1) is 19.8 Å². The number of rotatable bonds is 2. The van der Waals surface area contributed by atoms with E-state index in [-0.39, 0.29) is 18.2 Å². The highest BCUT2D eigenvalue weighted by Crippen LogP contribution is 2.29. The maximum absolute atomic E-state index is 11.8. The van der Waals surface area contributed by atoms with Gasteiger partial charge in [-0.25, -0.2) is 0 Å². The predicted molar refractivity (Wildman–Crippen MR) is 67.2 cm³/mol. The minimum Gasteiger partial charge on any atom is -0.311 e. The van der Waals surface area contributed by atoms with E-state index in [0.717, 1.165) is 16.8 Å². The van der Waals surface area contributed by atoms with Gasteiger partial charge < -0.3 is 4.90 Å². The molecule has 1 saturated heterocycles. The van der Waals surface area contributed by atoms with Crippen LogP contribution in [0.1, 0.15) is 17.5 Å². The summed E-state index contributed by atoms with van der Waals surface area (Å²) in [6.45, 7) is 4.37. The van der Waals surface area contributed by atoms with Crippen LogP contribution in [0.5, 0.6) is 0 Å². The fraction of sp³-hybridized carbons (Fsp3) is 0.385. The summed E-state index contributed by atoms with van der Waals surface area (Å²) >= 11 is 5.45. The fourth-order valence-electron chi connectivity index (χ4n) is 2.20. The molecule has 0 aromatic heterocycles. The van der Waals surface area contributed by atoms with Gasteiger partial charge in [0.05, 0.1) is 5.92 Å². The van der Waals surface area contributed by atoms with Crippen LogP contribution < -0.4 is 4.90 Å². The summed E-state index contributed by atoms with van der Waals surface area (Å²) in [6.07, 6.45) is 0.218. The van der Waals surface area contributed by atoms with Gasteiger partial charge in [-0.05, 0) is 37.1 Å². The summed E-state index contributed by atoms with van der Waals surface area (Å²) in [5, 5.41) is -0.425. The molecule has 1 amide bonds. The Labute approximate surface area is 105 Å². The lowest BCUT2D eigenvalue weighted by Gasteiger charge is -2.19. The van der Waals surface area contributed by atoms with Crippen molar-refractivity contribution in [3.8, 4) is 0 Å². The van der Waals surface area contributed by atoms with E-state index < -0.39 is 5.24 Å². The number of aryl methyl sites for hydroxylation is 2. The molecule has 1 heterocycles. The van der Waals surface area contributed by atoms with Crippen LogP contribution in [0.15, 0.2) is 18.2 Å². The molecule has 1 fully saturated rings. The third kappa shape index (κ3) is 2.34. The van der Waals surface area contributed by atoms with Gasteiger partial charge in [0.1, 0.15) is 0 Å². The second-order valence-electron chi connectivity index (χ2n) is 4.50. The molecular weight excluding hydrogens is 238 g/mol. The molecule has 1 atom stereocenters. The fourth-order valence-corrected chi connectivity index (χ4v) is 2.35. The van der Waals surface area contributed by atoms with Crippen LogP contribution in [0.3, 0.4) is 0 Å². The van der Waals surface area contributed by atoms with E-state index in [4.69, 9.17) is 11.6 Å². The number of anilines is 1. The maximum atomic E-state index is 11.8. The quantitative estimate of drug-likeness (QED) is 0.757. The topological polar surface area (TPSA) is 37.4 Å². The molecule has 1 aliphatic heterocycles. The van der Waals surface area contributed by atoms with Crippen molar-refractivity contribution in [2.45, 2.75) is 20.3 Å². The summed E-state index contributed by atoms with van der Waals surface area (Å²) in [6, 6.07) is 5.91. The Morgan fingerprint density at radius 2 is 2.12 bits per heavy atom. The molecular formula is C13H14ClNO2. The molecule has 0 N–H and O–H groups in total. The Bertz CT molecular complexity index is 484. The van der Waals surface area contributed by atoms with Crippen molar-refractivity contribution in [3.05, 3.63) is 29.3 Å². The lowest BCUT2D eigenvalue weighted by atomic mass is 10.1.